The maximum absolute atomic E-state index is 4.73. The lowest BCUT2D eigenvalue weighted by Crippen LogP contribution is -2.24. The Morgan fingerprint density at radius 1 is 1.37 bits per heavy atom. The molecule has 0 aromatic carbocycles. The predicted octanol–water partition coefficient (Wildman–Crippen LogP) is 3.26. The lowest BCUT2D eigenvalue weighted by Gasteiger charge is -2.18. The summed E-state index contributed by atoms with van der Waals surface area (Å²) in [5, 5.41) is 6.79. The number of rotatable bonds is 6. The van der Waals surface area contributed by atoms with E-state index in [2.05, 4.69) is 29.4 Å². The van der Waals surface area contributed by atoms with Gasteiger partial charge in [0.15, 0.2) is 0 Å². The molecule has 19 heavy (non-hydrogen) atoms. The smallest absolute Gasteiger partial charge is 0.107 e. The summed E-state index contributed by atoms with van der Waals surface area (Å²) < 4.78 is 0. The van der Waals surface area contributed by atoms with Crippen LogP contribution in [0.1, 0.15) is 50.2 Å². The molecule has 4 heteroatoms. The van der Waals surface area contributed by atoms with Gasteiger partial charge in [-0.1, -0.05) is 20.3 Å². The van der Waals surface area contributed by atoms with Crippen molar-refractivity contribution in [1.82, 2.24) is 15.2 Å². The lowest BCUT2D eigenvalue weighted by molar-refractivity contribution is 0.269. The van der Waals surface area contributed by atoms with E-state index in [0.717, 1.165) is 25.6 Å². The van der Waals surface area contributed by atoms with Crippen LogP contribution in [0.25, 0.3) is 0 Å². The third-order valence-corrected chi connectivity index (χ3v) is 4.93. The summed E-state index contributed by atoms with van der Waals surface area (Å²) >= 11 is 1.79. The second-order valence-electron chi connectivity index (χ2n) is 5.49. The Balaban J connectivity index is 1.81. The molecule has 0 aliphatic carbocycles. The first-order valence-corrected chi connectivity index (χ1v) is 8.56. The maximum atomic E-state index is 4.73. The van der Waals surface area contributed by atoms with E-state index < -0.39 is 0 Å². The van der Waals surface area contributed by atoms with Crippen LogP contribution >= 0.6 is 11.3 Å². The van der Waals surface area contributed by atoms with Crippen molar-refractivity contribution < 1.29 is 0 Å². The van der Waals surface area contributed by atoms with Crippen LogP contribution < -0.4 is 5.32 Å². The first-order chi connectivity index (χ1) is 9.31. The van der Waals surface area contributed by atoms with E-state index in [-0.39, 0.29) is 0 Å². The average molecular weight is 281 g/mol. The van der Waals surface area contributed by atoms with Gasteiger partial charge in [-0.25, -0.2) is 4.98 Å². The molecule has 108 valence electrons. The van der Waals surface area contributed by atoms with Crippen LogP contribution in [0.4, 0.5) is 0 Å². The zero-order valence-corrected chi connectivity index (χ0v) is 13.1. The standard InChI is InChI=1S/C15H27N3S/c1-3-13-6-5-8-18(9-7-13)11-14-12-19-15(17-14)10-16-4-2/h12-13,16H,3-11H2,1-2H3. The van der Waals surface area contributed by atoms with Gasteiger partial charge in [-0.05, 0) is 44.8 Å². The minimum atomic E-state index is 0.916. The highest BCUT2D eigenvalue weighted by Gasteiger charge is 2.16. The Bertz CT molecular complexity index is 364. The van der Waals surface area contributed by atoms with Crippen molar-refractivity contribution in [3.63, 3.8) is 0 Å². The van der Waals surface area contributed by atoms with Gasteiger partial charge in [0, 0.05) is 18.5 Å². The van der Waals surface area contributed by atoms with E-state index in [4.69, 9.17) is 4.98 Å². The molecule has 1 fully saturated rings. The third kappa shape index (κ3) is 4.86. The fraction of sp³-hybridized carbons (Fsp3) is 0.800. The summed E-state index contributed by atoms with van der Waals surface area (Å²) in [5.74, 6) is 0.949. The number of thiazole rings is 1. The molecule has 1 aliphatic rings. The second-order valence-corrected chi connectivity index (χ2v) is 6.44. The number of nitrogens with zero attached hydrogens (tertiary/aromatic N) is 2. The Labute approximate surface area is 121 Å². The maximum Gasteiger partial charge on any atom is 0.107 e. The highest BCUT2D eigenvalue weighted by atomic mass is 32.1. The Kier molecular flexibility index (Phi) is 6.28. The lowest BCUT2D eigenvalue weighted by atomic mass is 9.98. The van der Waals surface area contributed by atoms with Crippen LogP contribution in [0.15, 0.2) is 5.38 Å². The molecule has 0 saturated carbocycles. The predicted molar refractivity (Wildman–Crippen MR) is 82.4 cm³/mol. The van der Waals surface area contributed by atoms with Crippen molar-refractivity contribution in [2.75, 3.05) is 19.6 Å². The topological polar surface area (TPSA) is 28.2 Å². The number of hydrogen-bond donors (Lipinski definition) is 1. The van der Waals surface area contributed by atoms with Crippen molar-refractivity contribution in [1.29, 1.82) is 0 Å². The molecule has 1 aliphatic heterocycles. The van der Waals surface area contributed by atoms with E-state index in [1.54, 1.807) is 11.3 Å². The van der Waals surface area contributed by atoms with Crippen LogP contribution in [-0.2, 0) is 13.1 Å². The first-order valence-electron chi connectivity index (χ1n) is 7.68. The van der Waals surface area contributed by atoms with E-state index >= 15 is 0 Å². The van der Waals surface area contributed by atoms with Gasteiger partial charge < -0.3 is 5.32 Å². The molecular formula is C15H27N3S. The molecule has 0 spiro atoms. The Hall–Kier alpha value is -0.450. The normalized spacial score (nSPS) is 21.5. The van der Waals surface area contributed by atoms with Crippen molar-refractivity contribution in [2.45, 2.75) is 52.6 Å². The first kappa shape index (κ1) is 14.9. The minimum absolute atomic E-state index is 0.916. The third-order valence-electron chi connectivity index (χ3n) is 4.03. The van der Waals surface area contributed by atoms with Crippen LogP contribution in [0.3, 0.4) is 0 Å². The van der Waals surface area contributed by atoms with Crippen molar-refractivity contribution >= 4 is 11.3 Å². The molecule has 0 amide bonds. The summed E-state index contributed by atoms with van der Waals surface area (Å²) in [6.07, 6.45) is 5.48. The molecule has 3 nitrogen and oxygen atoms in total. The number of nitrogens with one attached hydrogen (secondary N) is 1. The van der Waals surface area contributed by atoms with Crippen molar-refractivity contribution in [2.24, 2.45) is 5.92 Å². The van der Waals surface area contributed by atoms with Gasteiger partial charge in [0.25, 0.3) is 0 Å². The van der Waals surface area contributed by atoms with Crippen LogP contribution in [0, 0.1) is 5.92 Å². The molecule has 0 radical (unpaired) electrons. The molecule has 0 bridgehead atoms. The monoisotopic (exact) mass is 281 g/mol. The molecule has 1 aromatic heterocycles. The van der Waals surface area contributed by atoms with Gasteiger partial charge in [-0.15, -0.1) is 11.3 Å². The summed E-state index contributed by atoms with van der Waals surface area (Å²) in [5.41, 5.74) is 1.26. The van der Waals surface area contributed by atoms with Gasteiger partial charge in [-0.3, -0.25) is 4.90 Å². The van der Waals surface area contributed by atoms with Gasteiger partial charge in [0.05, 0.1) is 5.69 Å². The quantitative estimate of drug-likeness (QED) is 0.867. The van der Waals surface area contributed by atoms with Gasteiger partial charge in [0.2, 0.25) is 0 Å². The minimum Gasteiger partial charge on any atom is -0.311 e. The van der Waals surface area contributed by atoms with E-state index in [1.807, 2.05) is 0 Å². The molecule has 2 heterocycles. The number of hydrogen-bond acceptors (Lipinski definition) is 4. The highest BCUT2D eigenvalue weighted by Crippen LogP contribution is 2.21. The van der Waals surface area contributed by atoms with E-state index in [1.165, 1.54) is 49.5 Å². The fourth-order valence-corrected chi connectivity index (χ4v) is 3.51. The molecule has 1 unspecified atom stereocenters. The number of aromatic nitrogens is 1. The second kappa shape index (κ2) is 7.98. The van der Waals surface area contributed by atoms with E-state index in [9.17, 15) is 0 Å². The molecule has 2 rings (SSSR count). The molecule has 1 N–H and O–H groups in total. The van der Waals surface area contributed by atoms with Crippen LogP contribution in [-0.4, -0.2) is 29.5 Å². The summed E-state index contributed by atoms with van der Waals surface area (Å²) in [6, 6.07) is 0. The Morgan fingerprint density at radius 2 is 2.26 bits per heavy atom. The highest BCUT2D eigenvalue weighted by molar-refractivity contribution is 7.09. The zero-order chi connectivity index (χ0) is 13.5. The zero-order valence-electron chi connectivity index (χ0n) is 12.3. The Morgan fingerprint density at radius 3 is 3.05 bits per heavy atom. The molecule has 1 aromatic rings. The van der Waals surface area contributed by atoms with Gasteiger partial charge in [-0.2, -0.15) is 0 Å². The molecule has 1 saturated heterocycles. The SMILES string of the molecule is CCNCc1nc(CN2CCCC(CC)CC2)cs1. The average Bonchev–Trinajstić information content (AvgIpc) is 2.74. The summed E-state index contributed by atoms with van der Waals surface area (Å²) in [7, 11) is 0. The largest absolute Gasteiger partial charge is 0.311 e. The fourth-order valence-electron chi connectivity index (χ4n) is 2.75. The van der Waals surface area contributed by atoms with Crippen LogP contribution in [0.5, 0.6) is 0 Å². The summed E-state index contributed by atoms with van der Waals surface area (Å²) in [6.45, 7) is 9.93. The number of likely N-dealkylation sites (tertiary alicyclic amines) is 1. The van der Waals surface area contributed by atoms with Gasteiger partial charge in [0.1, 0.15) is 5.01 Å². The van der Waals surface area contributed by atoms with Crippen molar-refractivity contribution in [3.8, 4) is 0 Å². The van der Waals surface area contributed by atoms with Gasteiger partial charge >= 0.3 is 0 Å². The summed E-state index contributed by atoms with van der Waals surface area (Å²) in [4.78, 5) is 7.31. The van der Waals surface area contributed by atoms with E-state index in [0.29, 0.717) is 0 Å². The molecular weight excluding hydrogens is 254 g/mol. The van der Waals surface area contributed by atoms with Crippen molar-refractivity contribution in [3.05, 3.63) is 16.1 Å². The van der Waals surface area contributed by atoms with Crippen LogP contribution in [0.2, 0.25) is 0 Å². The molecule has 1 atom stereocenters.